The molecule has 1 aromatic heterocycles. The fraction of sp³-hybridized carbons (Fsp3) is 0.471. The molecular weight excluding hydrogens is 361 g/mol. The minimum absolute atomic E-state index is 0.0869. The van der Waals surface area contributed by atoms with Gasteiger partial charge < -0.3 is 15.1 Å². The van der Waals surface area contributed by atoms with Gasteiger partial charge in [0.05, 0.1) is 16.4 Å². The van der Waals surface area contributed by atoms with E-state index in [9.17, 15) is 24.2 Å². The third kappa shape index (κ3) is 2.20. The van der Waals surface area contributed by atoms with Crippen LogP contribution >= 0.6 is 11.8 Å². The number of benzene rings is 1. The number of amides is 1. The van der Waals surface area contributed by atoms with Gasteiger partial charge in [-0.15, -0.1) is 11.8 Å². The molecule has 4 rings (SSSR count). The Morgan fingerprint density at radius 2 is 2.12 bits per heavy atom. The van der Waals surface area contributed by atoms with Crippen LogP contribution in [0.1, 0.15) is 25.8 Å². The summed E-state index contributed by atoms with van der Waals surface area (Å²) in [5.41, 5.74) is 1.07. The molecule has 2 aliphatic heterocycles. The minimum atomic E-state index is -1.30. The van der Waals surface area contributed by atoms with Gasteiger partial charge in [0.2, 0.25) is 5.91 Å². The Labute approximate surface area is 152 Å². The van der Waals surface area contributed by atoms with Crippen molar-refractivity contribution in [2.75, 3.05) is 0 Å². The quantitative estimate of drug-likeness (QED) is 0.786. The number of imidazole rings is 1. The molecule has 0 spiro atoms. The summed E-state index contributed by atoms with van der Waals surface area (Å²) in [6.07, 6.45) is -1.30. The van der Waals surface area contributed by atoms with Crippen LogP contribution in [0.5, 0.6) is 0 Å². The van der Waals surface area contributed by atoms with Crippen molar-refractivity contribution in [3.63, 3.8) is 0 Å². The highest BCUT2D eigenvalue weighted by Gasteiger charge is 2.65. The number of carbonyl (C=O) groups is 2. The molecule has 2 N–H and O–H groups in total. The van der Waals surface area contributed by atoms with Crippen LogP contribution in [0.3, 0.4) is 0 Å². The Morgan fingerprint density at radius 3 is 2.77 bits per heavy atom. The number of carboxylic acid groups (broad SMARTS) is 1. The molecule has 3 heterocycles. The summed E-state index contributed by atoms with van der Waals surface area (Å²) < 4.78 is 14.2. The first-order valence-corrected chi connectivity index (χ1v) is 9.08. The Balaban J connectivity index is 1.70. The molecule has 0 bridgehead atoms. The number of hydrogen-bond donors (Lipinski definition) is 2. The molecule has 2 saturated heterocycles. The van der Waals surface area contributed by atoms with E-state index in [2.05, 4.69) is 4.98 Å². The van der Waals surface area contributed by atoms with Gasteiger partial charge in [0.1, 0.15) is 23.9 Å². The zero-order valence-electron chi connectivity index (χ0n) is 14.2. The molecule has 26 heavy (non-hydrogen) atoms. The molecule has 0 radical (unpaired) electrons. The molecule has 2 fully saturated rings. The van der Waals surface area contributed by atoms with Gasteiger partial charge in [-0.05, 0) is 26.0 Å². The second-order valence-corrected chi connectivity index (χ2v) is 8.85. The smallest absolute Gasteiger partial charge is 0.327 e. The minimum Gasteiger partial charge on any atom is -0.480 e. The van der Waals surface area contributed by atoms with Crippen LogP contribution in [0.15, 0.2) is 24.3 Å². The predicted octanol–water partition coefficient (Wildman–Crippen LogP) is 1.76. The molecule has 2 aliphatic rings. The molecule has 2 aromatic rings. The molecule has 1 amide bonds. The van der Waals surface area contributed by atoms with Gasteiger partial charge in [0, 0.05) is 4.75 Å². The Hall–Kier alpha value is -2.13. The van der Waals surface area contributed by atoms with Crippen molar-refractivity contribution < 1.29 is 24.2 Å². The molecule has 0 saturated carbocycles. The van der Waals surface area contributed by atoms with E-state index < -0.39 is 46.9 Å². The van der Waals surface area contributed by atoms with E-state index in [1.807, 2.05) is 0 Å². The van der Waals surface area contributed by atoms with Gasteiger partial charge in [-0.3, -0.25) is 9.36 Å². The number of para-hydroxylation sites is 2. The number of β-lactam (4-membered cyclic amide) rings is 1. The van der Waals surface area contributed by atoms with Crippen molar-refractivity contribution >= 4 is 34.7 Å². The van der Waals surface area contributed by atoms with Crippen LogP contribution in [-0.4, -0.2) is 52.7 Å². The average molecular weight is 379 g/mol. The van der Waals surface area contributed by atoms with Gasteiger partial charge in [-0.25, -0.2) is 14.2 Å². The number of aliphatic carboxylic acids is 1. The third-order valence-electron chi connectivity index (χ3n) is 5.12. The molecule has 9 heteroatoms. The monoisotopic (exact) mass is 379 g/mol. The number of nitrogens with zero attached hydrogens (tertiary/aromatic N) is 3. The number of carboxylic acids is 1. The van der Waals surface area contributed by atoms with E-state index in [0.29, 0.717) is 11.0 Å². The van der Waals surface area contributed by atoms with E-state index in [-0.39, 0.29) is 5.82 Å². The SMILES string of the molecule is CC1(C)S[C@@H]2[C@H]([C@H](O)c3nc4ccccc4n3CF)C(=O)N2[C@H]1C(=O)O. The highest BCUT2D eigenvalue weighted by Crippen LogP contribution is 2.56. The normalized spacial score (nSPS) is 28.1. The number of rotatable bonds is 4. The maximum Gasteiger partial charge on any atom is 0.327 e. The number of alkyl halides is 1. The summed E-state index contributed by atoms with van der Waals surface area (Å²) in [6, 6.07) is 5.96. The lowest BCUT2D eigenvalue weighted by atomic mass is 9.87. The summed E-state index contributed by atoms with van der Waals surface area (Å²) in [7, 11) is 0. The molecular formula is C17H18FN3O4S. The average Bonchev–Trinajstić information content (AvgIpc) is 3.07. The summed E-state index contributed by atoms with van der Waals surface area (Å²) in [4.78, 5) is 29.8. The predicted molar refractivity (Wildman–Crippen MR) is 93.0 cm³/mol. The van der Waals surface area contributed by atoms with Crippen LogP contribution < -0.4 is 0 Å². The van der Waals surface area contributed by atoms with Gasteiger partial charge in [-0.1, -0.05) is 12.1 Å². The van der Waals surface area contributed by atoms with E-state index in [1.165, 1.54) is 21.2 Å². The first kappa shape index (κ1) is 17.3. The number of carbonyl (C=O) groups excluding carboxylic acids is 1. The lowest BCUT2D eigenvalue weighted by Gasteiger charge is -2.45. The van der Waals surface area contributed by atoms with Gasteiger partial charge in [0.15, 0.2) is 6.80 Å². The third-order valence-corrected chi connectivity index (χ3v) is 6.72. The molecule has 0 aliphatic carbocycles. The van der Waals surface area contributed by atoms with E-state index in [0.717, 1.165) is 0 Å². The summed E-state index contributed by atoms with van der Waals surface area (Å²) in [6.45, 7) is 2.66. The lowest BCUT2D eigenvalue weighted by molar-refractivity contribution is -0.169. The molecule has 1 aromatic carbocycles. The Kier molecular flexibility index (Phi) is 3.78. The van der Waals surface area contributed by atoms with Crippen molar-refractivity contribution in [2.24, 2.45) is 5.92 Å². The summed E-state index contributed by atoms with van der Waals surface area (Å²) in [5, 5.41) is 19.8. The van der Waals surface area contributed by atoms with Gasteiger partial charge in [0.25, 0.3) is 0 Å². The number of halogens is 1. The van der Waals surface area contributed by atoms with Crippen molar-refractivity contribution in [3.8, 4) is 0 Å². The van der Waals surface area contributed by atoms with E-state index in [4.69, 9.17) is 0 Å². The summed E-state index contributed by atoms with van der Waals surface area (Å²) >= 11 is 1.34. The highest BCUT2D eigenvalue weighted by atomic mass is 32.2. The van der Waals surface area contributed by atoms with Gasteiger partial charge >= 0.3 is 5.97 Å². The maximum absolute atomic E-state index is 13.6. The zero-order valence-corrected chi connectivity index (χ0v) is 15.0. The summed E-state index contributed by atoms with van der Waals surface area (Å²) in [5.74, 6) is -2.26. The standard InChI is InChI=1S/C17H18FN3O4S/c1-17(2)12(16(24)25)21-14(23)10(15(21)26-17)11(22)13-19-8-5-3-4-6-9(8)20(13)7-18/h3-6,10-12,15,22H,7H2,1-2H3,(H,24,25)/t10-,11+,12+,15-/m1/s1. The fourth-order valence-corrected chi connectivity index (χ4v) is 5.66. The molecule has 0 unspecified atom stereocenters. The van der Waals surface area contributed by atoms with Crippen molar-refractivity contribution in [1.29, 1.82) is 0 Å². The first-order chi connectivity index (χ1) is 12.3. The highest BCUT2D eigenvalue weighted by molar-refractivity contribution is 8.01. The topological polar surface area (TPSA) is 95.7 Å². The number of aromatic nitrogens is 2. The molecule has 4 atom stereocenters. The lowest BCUT2D eigenvalue weighted by Crippen LogP contribution is -2.64. The number of aliphatic hydroxyl groups is 1. The molecule has 138 valence electrons. The number of hydrogen-bond acceptors (Lipinski definition) is 5. The second kappa shape index (κ2) is 5.68. The maximum atomic E-state index is 13.6. The van der Waals surface area contributed by atoms with E-state index >= 15 is 0 Å². The first-order valence-electron chi connectivity index (χ1n) is 8.20. The van der Waals surface area contributed by atoms with Gasteiger partial charge in [-0.2, -0.15) is 0 Å². The van der Waals surface area contributed by atoms with Crippen LogP contribution in [0.2, 0.25) is 0 Å². The van der Waals surface area contributed by atoms with Crippen molar-refractivity contribution in [3.05, 3.63) is 30.1 Å². The van der Waals surface area contributed by atoms with Crippen LogP contribution in [-0.2, 0) is 16.4 Å². The van der Waals surface area contributed by atoms with Crippen LogP contribution in [0, 0.1) is 5.92 Å². The zero-order chi connectivity index (χ0) is 18.8. The molecule has 7 nitrogen and oxygen atoms in total. The fourth-order valence-electron chi connectivity index (χ4n) is 3.94. The number of thioether (sulfide) groups is 1. The largest absolute Gasteiger partial charge is 0.480 e. The van der Waals surface area contributed by atoms with E-state index in [1.54, 1.807) is 38.1 Å². The van der Waals surface area contributed by atoms with Crippen molar-refractivity contribution in [2.45, 2.75) is 42.9 Å². The van der Waals surface area contributed by atoms with Crippen LogP contribution in [0.25, 0.3) is 11.0 Å². The van der Waals surface area contributed by atoms with Crippen molar-refractivity contribution in [1.82, 2.24) is 14.5 Å². The number of aliphatic hydroxyl groups excluding tert-OH is 1. The van der Waals surface area contributed by atoms with Crippen LogP contribution in [0.4, 0.5) is 4.39 Å². The number of fused-ring (bicyclic) bond motifs is 2. The Morgan fingerprint density at radius 1 is 1.42 bits per heavy atom. The second-order valence-electron chi connectivity index (χ2n) is 7.08. The Bertz CT molecular complexity index is 915.